The van der Waals surface area contributed by atoms with Crippen LogP contribution in [0, 0.1) is 6.92 Å². The number of hydrogen-bond donors (Lipinski definition) is 1. The number of anilines is 1. The van der Waals surface area contributed by atoms with Crippen LogP contribution in [0.2, 0.25) is 0 Å². The molecule has 8 nitrogen and oxygen atoms in total. The number of hydrogen-bond acceptors (Lipinski definition) is 5. The van der Waals surface area contributed by atoms with Crippen LogP contribution in [0.3, 0.4) is 0 Å². The van der Waals surface area contributed by atoms with E-state index in [-0.39, 0.29) is 29.1 Å². The standard InChI is InChI=1S/C32H41N3O5S/c1-6-25(4)33-32(37)28(7-2)34(21-20-26-14-10-8-11-15-26)31(36)23-35(29-22-24(3)18-19-30(29)40-5)41(38,39)27-16-12-9-13-17-27/h8-19,22,25,28H,6-7,20-21,23H2,1-5H3,(H,33,37)/t25-,28-/m0/s1. The Morgan fingerprint density at radius 2 is 1.56 bits per heavy atom. The maximum Gasteiger partial charge on any atom is 0.264 e. The zero-order valence-corrected chi connectivity index (χ0v) is 25.4. The van der Waals surface area contributed by atoms with E-state index >= 15 is 0 Å². The van der Waals surface area contributed by atoms with Gasteiger partial charge in [-0.1, -0.05) is 68.4 Å². The third kappa shape index (κ3) is 8.10. The number of nitrogens with zero attached hydrogens (tertiary/aromatic N) is 2. The Morgan fingerprint density at radius 3 is 2.15 bits per heavy atom. The largest absolute Gasteiger partial charge is 0.495 e. The molecule has 9 heteroatoms. The highest BCUT2D eigenvalue weighted by Crippen LogP contribution is 2.33. The van der Waals surface area contributed by atoms with Gasteiger partial charge < -0.3 is 15.0 Å². The molecule has 2 atom stereocenters. The van der Waals surface area contributed by atoms with Gasteiger partial charge in [0.2, 0.25) is 11.8 Å². The van der Waals surface area contributed by atoms with Crippen molar-refractivity contribution in [1.29, 1.82) is 0 Å². The minimum atomic E-state index is -4.17. The zero-order valence-electron chi connectivity index (χ0n) is 24.5. The van der Waals surface area contributed by atoms with Crippen molar-refractivity contribution in [2.24, 2.45) is 0 Å². The van der Waals surface area contributed by atoms with Crippen molar-refractivity contribution >= 4 is 27.5 Å². The van der Waals surface area contributed by atoms with Gasteiger partial charge in [-0.2, -0.15) is 0 Å². The van der Waals surface area contributed by atoms with E-state index in [0.717, 1.165) is 21.9 Å². The molecule has 0 aliphatic rings. The molecule has 1 N–H and O–H groups in total. The van der Waals surface area contributed by atoms with Crippen LogP contribution >= 0.6 is 0 Å². The van der Waals surface area contributed by atoms with E-state index in [4.69, 9.17) is 4.74 Å². The van der Waals surface area contributed by atoms with E-state index in [0.29, 0.717) is 18.6 Å². The maximum atomic E-state index is 14.2. The first kappa shape index (κ1) is 31.7. The molecule has 0 unspecified atom stereocenters. The number of rotatable bonds is 14. The maximum absolute atomic E-state index is 14.2. The Hall–Kier alpha value is -3.85. The molecule has 0 fully saturated rings. The average Bonchev–Trinajstić information content (AvgIpc) is 2.98. The van der Waals surface area contributed by atoms with Gasteiger partial charge in [0.25, 0.3) is 10.0 Å². The normalized spacial score (nSPS) is 12.7. The number of methoxy groups -OCH3 is 1. The van der Waals surface area contributed by atoms with E-state index in [9.17, 15) is 18.0 Å². The molecule has 0 radical (unpaired) electrons. The van der Waals surface area contributed by atoms with Crippen molar-refractivity contribution in [3.05, 3.63) is 90.0 Å². The Balaban J connectivity index is 2.06. The minimum Gasteiger partial charge on any atom is -0.495 e. The number of ether oxygens (including phenoxy) is 1. The molecule has 0 spiro atoms. The summed E-state index contributed by atoms with van der Waals surface area (Å²) in [6, 6.07) is 22.1. The third-order valence-electron chi connectivity index (χ3n) is 7.08. The molecule has 0 bridgehead atoms. The van der Waals surface area contributed by atoms with Crippen molar-refractivity contribution in [3.8, 4) is 5.75 Å². The van der Waals surface area contributed by atoms with E-state index in [1.165, 1.54) is 24.1 Å². The lowest BCUT2D eigenvalue weighted by Crippen LogP contribution is -2.54. The van der Waals surface area contributed by atoms with Gasteiger partial charge in [0.05, 0.1) is 17.7 Å². The second kappa shape index (κ2) is 14.7. The van der Waals surface area contributed by atoms with Crippen molar-refractivity contribution in [1.82, 2.24) is 10.2 Å². The number of nitrogens with one attached hydrogen (secondary N) is 1. The third-order valence-corrected chi connectivity index (χ3v) is 8.86. The average molecular weight is 580 g/mol. The molecular weight excluding hydrogens is 538 g/mol. The Kier molecular flexibility index (Phi) is 11.3. The molecule has 0 saturated heterocycles. The number of aryl methyl sites for hydroxylation is 1. The highest BCUT2D eigenvalue weighted by Gasteiger charge is 2.34. The van der Waals surface area contributed by atoms with Gasteiger partial charge in [-0.25, -0.2) is 8.42 Å². The van der Waals surface area contributed by atoms with Gasteiger partial charge in [-0.05, 0) is 68.5 Å². The first-order valence-corrected chi connectivity index (χ1v) is 15.4. The van der Waals surface area contributed by atoms with Crippen LogP contribution in [0.25, 0.3) is 0 Å². The fraction of sp³-hybridized carbons (Fsp3) is 0.375. The zero-order chi connectivity index (χ0) is 30.0. The SMILES string of the molecule is CC[C@H](C)NC(=O)[C@H](CC)N(CCc1ccccc1)C(=O)CN(c1cc(C)ccc1OC)S(=O)(=O)c1ccccc1. The van der Waals surface area contributed by atoms with Crippen molar-refractivity contribution in [2.45, 2.75) is 63.9 Å². The smallest absolute Gasteiger partial charge is 0.264 e. The summed E-state index contributed by atoms with van der Waals surface area (Å²) in [7, 11) is -2.71. The lowest BCUT2D eigenvalue weighted by molar-refractivity contribution is -0.139. The summed E-state index contributed by atoms with van der Waals surface area (Å²) in [5.74, 6) is -0.413. The lowest BCUT2D eigenvalue weighted by atomic mass is 10.1. The minimum absolute atomic E-state index is 0.0498. The van der Waals surface area contributed by atoms with Crippen LogP contribution in [-0.4, -0.2) is 57.4 Å². The Bertz CT molecular complexity index is 1400. The first-order chi connectivity index (χ1) is 19.6. The summed E-state index contributed by atoms with van der Waals surface area (Å²) in [4.78, 5) is 29.1. The van der Waals surface area contributed by atoms with Crippen molar-refractivity contribution in [3.63, 3.8) is 0 Å². The van der Waals surface area contributed by atoms with Crippen LogP contribution in [0.1, 0.15) is 44.7 Å². The van der Waals surface area contributed by atoms with Crippen molar-refractivity contribution in [2.75, 3.05) is 24.5 Å². The molecule has 0 aliphatic heterocycles. The summed E-state index contributed by atoms with van der Waals surface area (Å²) < 4.78 is 34.7. The van der Waals surface area contributed by atoms with Gasteiger partial charge in [0.1, 0.15) is 18.3 Å². The lowest BCUT2D eigenvalue weighted by Gasteiger charge is -2.34. The van der Waals surface area contributed by atoms with Crippen LogP contribution in [0.15, 0.2) is 83.8 Å². The molecule has 0 saturated carbocycles. The predicted molar refractivity (Wildman–Crippen MR) is 163 cm³/mol. The van der Waals surface area contributed by atoms with Gasteiger partial charge in [0.15, 0.2) is 0 Å². The second-order valence-electron chi connectivity index (χ2n) is 10.1. The number of amides is 2. The predicted octanol–water partition coefficient (Wildman–Crippen LogP) is 4.96. The molecule has 2 amide bonds. The van der Waals surface area contributed by atoms with E-state index in [2.05, 4.69) is 5.32 Å². The number of carbonyl (C=O) groups excluding carboxylic acids is 2. The number of carbonyl (C=O) groups is 2. The fourth-order valence-corrected chi connectivity index (χ4v) is 6.00. The van der Waals surface area contributed by atoms with E-state index in [1.54, 1.807) is 30.3 Å². The van der Waals surface area contributed by atoms with Crippen LogP contribution in [-0.2, 0) is 26.0 Å². The summed E-state index contributed by atoms with van der Waals surface area (Å²) in [6.07, 6.45) is 1.64. The monoisotopic (exact) mass is 579 g/mol. The first-order valence-electron chi connectivity index (χ1n) is 14.0. The van der Waals surface area contributed by atoms with Crippen LogP contribution in [0.5, 0.6) is 5.75 Å². The highest BCUT2D eigenvalue weighted by molar-refractivity contribution is 7.92. The van der Waals surface area contributed by atoms with Gasteiger partial charge in [-0.15, -0.1) is 0 Å². The molecule has 0 heterocycles. The molecule has 3 rings (SSSR count). The van der Waals surface area contributed by atoms with Crippen LogP contribution < -0.4 is 14.4 Å². The Labute approximate surface area is 244 Å². The van der Waals surface area contributed by atoms with E-state index < -0.39 is 28.5 Å². The van der Waals surface area contributed by atoms with Gasteiger partial charge in [0, 0.05) is 12.6 Å². The molecule has 3 aromatic rings. The molecule has 0 aromatic heterocycles. The molecular formula is C32H41N3O5S. The van der Waals surface area contributed by atoms with Gasteiger partial charge in [-0.3, -0.25) is 13.9 Å². The fourth-order valence-electron chi connectivity index (χ4n) is 4.56. The summed E-state index contributed by atoms with van der Waals surface area (Å²) in [5, 5.41) is 3.00. The molecule has 0 aliphatic carbocycles. The van der Waals surface area contributed by atoms with Crippen molar-refractivity contribution < 1.29 is 22.7 Å². The summed E-state index contributed by atoms with van der Waals surface area (Å²) >= 11 is 0. The number of benzene rings is 3. The number of sulfonamides is 1. The topological polar surface area (TPSA) is 96.0 Å². The second-order valence-corrected chi connectivity index (χ2v) is 11.9. The van der Waals surface area contributed by atoms with Crippen LogP contribution in [0.4, 0.5) is 5.69 Å². The molecule has 220 valence electrons. The molecule has 41 heavy (non-hydrogen) atoms. The van der Waals surface area contributed by atoms with E-state index in [1.807, 2.05) is 64.1 Å². The summed E-state index contributed by atoms with van der Waals surface area (Å²) in [6.45, 7) is 7.34. The highest BCUT2D eigenvalue weighted by atomic mass is 32.2. The van der Waals surface area contributed by atoms with Gasteiger partial charge >= 0.3 is 0 Å². The summed E-state index contributed by atoms with van der Waals surface area (Å²) in [5.41, 5.74) is 2.07. The quantitative estimate of drug-likeness (QED) is 0.291. The molecule has 3 aromatic carbocycles. The Morgan fingerprint density at radius 1 is 0.927 bits per heavy atom.